The van der Waals surface area contributed by atoms with Crippen molar-refractivity contribution in [2.24, 2.45) is 5.92 Å². The van der Waals surface area contributed by atoms with Crippen LogP contribution in [0.2, 0.25) is 0 Å². The van der Waals surface area contributed by atoms with E-state index in [0.29, 0.717) is 20.0 Å². The largest absolute Gasteiger partial charge is 0.275 e. The molecule has 0 amide bonds. The normalized spacial score (nSPS) is 16.2. The predicted molar refractivity (Wildman–Crippen MR) is 55.0 cm³/mol. The summed E-state index contributed by atoms with van der Waals surface area (Å²) in [5.41, 5.74) is 0.404. The second-order valence-electron chi connectivity index (χ2n) is 3.55. The molecule has 0 aromatic carbocycles. The predicted octanol–water partition coefficient (Wildman–Crippen LogP) is 4.27. The summed E-state index contributed by atoms with van der Waals surface area (Å²) in [6.07, 6.45) is 6.05. The standard InChI is InChI=1S/C10H21OP/c1-4-6-7-8-10(12-11)9(3)5-2/h9-10H,4-8H2,1-3H3. The number of hydrogen-bond acceptors (Lipinski definition) is 1. The summed E-state index contributed by atoms with van der Waals surface area (Å²) in [4.78, 5) is 0. The molecular formula is C10H21OP. The highest BCUT2D eigenvalue weighted by molar-refractivity contribution is 7.24. The maximum absolute atomic E-state index is 10.8. The number of hydrogen-bond donors (Lipinski definition) is 0. The van der Waals surface area contributed by atoms with Crippen LogP contribution < -0.4 is 0 Å². The smallest absolute Gasteiger partial charge is 0.158 e. The molecule has 0 aliphatic carbocycles. The van der Waals surface area contributed by atoms with Crippen LogP contribution >= 0.6 is 8.46 Å². The van der Waals surface area contributed by atoms with Crippen molar-refractivity contribution >= 4 is 8.46 Å². The summed E-state index contributed by atoms with van der Waals surface area (Å²) >= 11 is 0. The maximum atomic E-state index is 10.8. The van der Waals surface area contributed by atoms with Crippen molar-refractivity contribution in [1.29, 1.82) is 0 Å². The minimum absolute atomic E-state index is 0.350. The highest BCUT2D eigenvalue weighted by Crippen LogP contribution is 2.25. The van der Waals surface area contributed by atoms with Crippen LogP contribution in [0.25, 0.3) is 0 Å². The molecular weight excluding hydrogens is 167 g/mol. The van der Waals surface area contributed by atoms with Crippen molar-refractivity contribution < 1.29 is 4.57 Å². The van der Waals surface area contributed by atoms with Gasteiger partial charge in [0.25, 0.3) is 0 Å². The van der Waals surface area contributed by atoms with E-state index in [-0.39, 0.29) is 0 Å². The molecule has 0 saturated carbocycles. The SMILES string of the molecule is CCCCCC(P=O)C(C)CC. The third-order valence-corrected chi connectivity index (χ3v) is 3.58. The lowest BCUT2D eigenvalue weighted by Gasteiger charge is -2.15. The van der Waals surface area contributed by atoms with E-state index in [4.69, 9.17) is 0 Å². The first-order valence-electron chi connectivity index (χ1n) is 5.08. The van der Waals surface area contributed by atoms with Gasteiger partial charge in [0.15, 0.2) is 8.46 Å². The van der Waals surface area contributed by atoms with Crippen molar-refractivity contribution in [1.82, 2.24) is 0 Å². The summed E-state index contributed by atoms with van der Waals surface area (Å²) in [6.45, 7) is 6.57. The molecule has 0 aliphatic heterocycles. The van der Waals surface area contributed by atoms with Gasteiger partial charge in [0, 0.05) is 5.66 Å². The minimum atomic E-state index is 0.350. The van der Waals surface area contributed by atoms with Crippen LogP contribution in [0.15, 0.2) is 0 Å². The van der Waals surface area contributed by atoms with Crippen molar-refractivity contribution in [3.8, 4) is 0 Å². The zero-order valence-corrected chi connectivity index (χ0v) is 9.44. The van der Waals surface area contributed by atoms with Gasteiger partial charge in [-0.25, -0.2) is 0 Å². The zero-order chi connectivity index (χ0) is 9.40. The Balaban J connectivity index is 3.59. The summed E-state index contributed by atoms with van der Waals surface area (Å²) in [7, 11) is 0.350. The molecule has 1 nitrogen and oxygen atoms in total. The Morgan fingerprint density at radius 3 is 2.33 bits per heavy atom. The first-order valence-corrected chi connectivity index (χ1v) is 5.96. The van der Waals surface area contributed by atoms with Crippen LogP contribution in [0.5, 0.6) is 0 Å². The third-order valence-electron chi connectivity index (χ3n) is 2.54. The average molecular weight is 188 g/mol. The molecule has 0 heterocycles. The topological polar surface area (TPSA) is 17.1 Å². The van der Waals surface area contributed by atoms with Crippen LogP contribution in [0.1, 0.15) is 52.9 Å². The van der Waals surface area contributed by atoms with Gasteiger partial charge in [-0.2, -0.15) is 0 Å². The molecule has 0 fully saturated rings. The molecule has 0 radical (unpaired) electrons. The lowest BCUT2D eigenvalue weighted by molar-refractivity contribution is 0.474. The molecule has 0 bridgehead atoms. The lowest BCUT2D eigenvalue weighted by atomic mass is 10.00. The highest BCUT2D eigenvalue weighted by atomic mass is 31.1. The van der Waals surface area contributed by atoms with Crippen LogP contribution in [-0.4, -0.2) is 5.66 Å². The molecule has 0 aromatic heterocycles. The summed E-state index contributed by atoms with van der Waals surface area (Å²) in [5, 5.41) is 0. The summed E-state index contributed by atoms with van der Waals surface area (Å²) < 4.78 is 10.8. The van der Waals surface area contributed by atoms with E-state index in [1.54, 1.807) is 0 Å². The van der Waals surface area contributed by atoms with E-state index >= 15 is 0 Å². The van der Waals surface area contributed by atoms with Gasteiger partial charge >= 0.3 is 0 Å². The lowest BCUT2D eigenvalue weighted by Crippen LogP contribution is -2.10. The Morgan fingerprint density at radius 1 is 1.25 bits per heavy atom. The van der Waals surface area contributed by atoms with Gasteiger partial charge in [0.2, 0.25) is 0 Å². The zero-order valence-electron chi connectivity index (χ0n) is 8.55. The number of unbranched alkanes of at least 4 members (excludes halogenated alkanes) is 2. The van der Waals surface area contributed by atoms with Gasteiger partial charge < -0.3 is 0 Å². The van der Waals surface area contributed by atoms with Gasteiger partial charge in [0.1, 0.15) is 0 Å². The summed E-state index contributed by atoms with van der Waals surface area (Å²) in [5.74, 6) is 0.612. The Morgan fingerprint density at radius 2 is 1.92 bits per heavy atom. The van der Waals surface area contributed by atoms with Gasteiger partial charge in [0.05, 0.1) is 0 Å². The fraction of sp³-hybridized carbons (Fsp3) is 1.00. The van der Waals surface area contributed by atoms with Crippen molar-refractivity contribution in [3.05, 3.63) is 0 Å². The molecule has 0 aliphatic rings. The van der Waals surface area contributed by atoms with Crippen molar-refractivity contribution in [3.63, 3.8) is 0 Å². The molecule has 2 unspecified atom stereocenters. The number of rotatable bonds is 7. The second-order valence-corrected chi connectivity index (χ2v) is 4.43. The van der Waals surface area contributed by atoms with Crippen LogP contribution in [0.3, 0.4) is 0 Å². The van der Waals surface area contributed by atoms with Crippen molar-refractivity contribution in [2.45, 2.75) is 58.5 Å². The molecule has 2 heteroatoms. The van der Waals surface area contributed by atoms with E-state index in [9.17, 15) is 4.57 Å². The first kappa shape index (κ1) is 12.1. The Bertz CT molecular complexity index is 114. The molecule has 0 rings (SSSR count). The van der Waals surface area contributed by atoms with E-state index < -0.39 is 0 Å². The van der Waals surface area contributed by atoms with E-state index in [0.717, 1.165) is 12.8 Å². The summed E-state index contributed by atoms with van der Waals surface area (Å²) in [6, 6.07) is 0. The van der Waals surface area contributed by atoms with Gasteiger partial charge in [-0.3, -0.25) is 4.57 Å². The Labute approximate surface area is 78.1 Å². The van der Waals surface area contributed by atoms with Gasteiger partial charge in [-0.15, -0.1) is 0 Å². The minimum Gasteiger partial charge on any atom is -0.275 e. The maximum Gasteiger partial charge on any atom is 0.158 e. The van der Waals surface area contributed by atoms with E-state index in [2.05, 4.69) is 20.8 Å². The molecule has 0 aromatic rings. The molecule has 0 N–H and O–H groups in total. The van der Waals surface area contributed by atoms with Crippen molar-refractivity contribution in [2.75, 3.05) is 0 Å². The first-order chi connectivity index (χ1) is 5.76. The highest BCUT2D eigenvalue weighted by Gasteiger charge is 2.14. The van der Waals surface area contributed by atoms with E-state index in [1.165, 1.54) is 19.3 Å². The average Bonchev–Trinajstić information content (AvgIpc) is 2.11. The Hall–Kier alpha value is 0.100. The molecule has 0 spiro atoms. The van der Waals surface area contributed by atoms with Crippen LogP contribution in [0.4, 0.5) is 0 Å². The van der Waals surface area contributed by atoms with Gasteiger partial charge in [-0.05, 0) is 12.3 Å². The molecule has 0 saturated heterocycles. The molecule has 2 atom stereocenters. The third kappa shape index (κ3) is 4.87. The van der Waals surface area contributed by atoms with Gasteiger partial charge in [-0.1, -0.05) is 46.5 Å². The Kier molecular flexibility index (Phi) is 7.80. The quantitative estimate of drug-likeness (QED) is 0.430. The fourth-order valence-electron chi connectivity index (χ4n) is 1.32. The second kappa shape index (κ2) is 7.73. The molecule has 12 heavy (non-hydrogen) atoms. The van der Waals surface area contributed by atoms with Crippen LogP contribution in [-0.2, 0) is 4.57 Å². The fourth-order valence-corrected chi connectivity index (χ4v) is 2.02. The molecule has 72 valence electrons. The van der Waals surface area contributed by atoms with Crippen LogP contribution in [0, 0.1) is 5.92 Å². The monoisotopic (exact) mass is 188 g/mol. The van der Waals surface area contributed by atoms with E-state index in [1.807, 2.05) is 0 Å².